The second kappa shape index (κ2) is 6.94. The minimum Gasteiger partial charge on any atom is -0.491 e. The van der Waals surface area contributed by atoms with E-state index in [0.717, 1.165) is 18.6 Å². The molecule has 1 aliphatic carbocycles. The van der Waals surface area contributed by atoms with Gasteiger partial charge in [-0.2, -0.15) is 0 Å². The van der Waals surface area contributed by atoms with Crippen LogP contribution in [-0.2, 0) is 22.4 Å². The SMILES string of the molecule is CCOC(=O)C(C)(COc1ccc2c(c1)CCCC2)NC. The average molecular weight is 291 g/mol. The molecule has 1 unspecified atom stereocenters. The Morgan fingerprint density at radius 1 is 1.29 bits per heavy atom. The van der Waals surface area contributed by atoms with E-state index in [1.165, 1.54) is 24.0 Å². The van der Waals surface area contributed by atoms with Gasteiger partial charge in [-0.05, 0) is 69.8 Å². The number of esters is 1. The number of likely N-dealkylation sites (N-methyl/N-ethyl adjacent to an activating group) is 1. The Hall–Kier alpha value is -1.55. The Morgan fingerprint density at radius 2 is 2.00 bits per heavy atom. The number of hydrogen-bond acceptors (Lipinski definition) is 4. The lowest BCUT2D eigenvalue weighted by Gasteiger charge is -2.27. The summed E-state index contributed by atoms with van der Waals surface area (Å²) in [5.74, 6) is 0.534. The average Bonchev–Trinajstić information content (AvgIpc) is 2.52. The summed E-state index contributed by atoms with van der Waals surface area (Å²) < 4.78 is 10.9. The second-order valence-corrected chi connectivity index (χ2v) is 5.73. The molecule has 0 fully saturated rings. The van der Waals surface area contributed by atoms with Gasteiger partial charge in [0.2, 0.25) is 0 Å². The Bertz CT molecular complexity index is 501. The van der Waals surface area contributed by atoms with Crippen molar-refractivity contribution in [3.05, 3.63) is 29.3 Å². The van der Waals surface area contributed by atoms with E-state index in [1.54, 1.807) is 20.9 Å². The molecule has 1 atom stereocenters. The van der Waals surface area contributed by atoms with Crippen LogP contribution in [0.25, 0.3) is 0 Å². The van der Waals surface area contributed by atoms with Gasteiger partial charge in [-0.25, -0.2) is 4.79 Å². The predicted octanol–water partition coefficient (Wildman–Crippen LogP) is 2.49. The molecule has 0 aromatic heterocycles. The van der Waals surface area contributed by atoms with E-state index in [1.807, 2.05) is 6.07 Å². The molecule has 0 radical (unpaired) electrons. The summed E-state index contributed by atoms with van der Waals surface area (Å²) in [6, 6.07) is 6.24. The molecule has 2 rings (SSSR count). The number of ether oxygens (including phenoxy) is 2. The van der Waals surface area contributed by atoms with E-state index in [-0.39, 0.29) is 12.6 Å². The molecule has 0 spiro atoms. The zero-order valence-corrected chi connectivity index (χ0v) is 13.2. The van der Waals surface area contributed by atoms with Gasteiger partial charge in [0.05, 0.1) is 6.61 Å². The molecule has 1 aliphatic rings. The summed E-state index contributed by atoms with van der Waals surface area (Å²) >= 11 is 0. The summed E-state index contributed by atoms with van der Waals surface area (Å²) in [7, 11) is 1.74. The molecule has 0 saturated carbocycles. The first kappa shape index (κ1) is 15.8. The van der Waals surface area contributed by atoms with Gasteiger partial charge >= 0.3 is 5.97 Å². The lowest BCUT2D eigenvalue weighted by molar-refractivity contribution is -0.151. The Kier molecular flexibility index (Phi) is 5.23. The smallest absolute Gasteiger partial charge is 0.329 e. The van der Waals surface area contributed by atoms with Gasteiger partial charge in [0.25, 0.3) is 0 Å². The van der Waals surface area contributed by atoms with Crippen LogP contribution in [0.5, 0.6) is 5.75 Å². The van der Waals surface area contributed by atoms with Crippen LogP contribution >= 0.6 is 0 Å². The summed E-state index contributed by atoms with van der Waals surface area (Å²) in [5.41, 5.74) is 1.97. The van der Waals surface area contributed by atoms with Crippen LogP contribution in [0.1, 0.15) is 37.8 Å². The molecular formula is C17H25NO3. The maximum atomic E-state index is 12.0. The third-order valence-corrected chi connectivity index (χ3v) is 4.13. The number of carbonyl (C=O) groups excluding carboxylic acids is 1. The van der Waals surface area contributed by atoms with Crippen LogP contribution in [0.2, 0.25) is 0 Å². The van der Waals surface area contributed by atoms with Crippen molar-refractivity contribution in [2.45, 2.75) is 45.1 Å². The maximum Gasteiger partial charge on any atom is 0.329 e. The van der Waals surface area contributed by atoms with Crippen LogP contribution < -0.4 is 10.1 Å². The summed E-state index contributed by atoms with van der Waals surface area (Å²) in [6.07, 6.45) is 4.79. The van der Waals surface area contributed by atoms with Crippen molar-refractivity contribution in [1.29, 1.82) is 0 Å². The molecule has 0 bridgehead atoms. The Balaban J connectivity index is 2.02. The van der Waals surface area contributed by atoms with Crippen molar-refractivity contribution in [3.63, 3.8) is 0 Å². The van der Waals surface area contributed by atoms with Gasteiger partial charge in [0.1, 0.15) is 17.9 Å². The van der Waals surface area contributed by atoms with Crippen molar-refractivity contribution in [3.8, 4) is 5.75 Å². The minimum atomic E-state index is -0.827. The van der Waals surface area contributed by atoms with E-state index >= 15 is 0 Å². The van der Waals surface area contributed by atoms with Gasteiger partial charge < -0.3 is 14.8 Å². The van der Waals surface area contributed by atoms with Crippen molar-refractivity contribution >= 4 is 5.97 Å². The summed E-state index contributed by atoms with van der Waals surface area (Å²) in [5, 5.41) is 3.00. The van der Waals surface area contributed by atoms with Crippen LogP contribution in [-0.4, -0.2) is 31.8 Å². The van der Waals surface area contributed by atoms with Crippen molar-refractivity contribution < 1.29 is 14.3 Å². The van der Waals surface area contributed by atoms with Crippen molar-refractivity contribution in [2.24, 2.45) is 0 Å². The number of rotatable bonds is 6. The van der Waals surface area contributed by atoms with Gasteiger partial charge in [0.15, 0.2) is 0 Å². The summed E-state index contributed by atoms with van der Waals surface area (Å²) in [6.45, 7) is 4.22. The minimum absolute atomic E-state index is 0.251. The van der Waals surface area contributed by atoms with Crippen LogP contribution in [0.3, 0.4) is 0 Å². The monoisotopic (exact) mass is 291 g/mol. The molecule has 0 amide bonds. The molecule has 0 aliphatic heterocycles. The molecule has 0 heterocycles. The standard InChI is InChI=1S/C17H25NO3/c1-4-20-16(19)17(2,18-3)12-21-15-10-9-13-7-5-6-8-14(13)11-15/h9-11,18H,4-8,12H2,1-3H3. The van der Waals surface area contributed by atoms with Crippen LogP contribution in [0.15, 0.2) is 18.2 Å². The molecule has 4 nitrogen and oxygen atoms in total. The Morgan fingerprint density at radius 3 is 2.67 bits per heavy atom. The maximum absolute atomic E-state index is 12.0. The van der Waals surface area contributed by atoms with Gasteiger partial charge in [-0.3, -0.25) is 0 Å². The fraction of sp³-hybridized carbons (Fsp3) is 0.588. The first-order valence-corrected chi connectivity index (χ1v) is 7.70. The molecule has 0 saturated heterocycles. The number of carbonyl (C=O) groups is 1. The van der Waals surface area contributed by atoms with Crippen molar-refractivity contribution in [2.75, 3.05) is 20.3 Å². The van der Waals surface area contributed by atoms with Crippen molar-refractivity contribution in [1.82, 2.24) is 5.32 Å². The van der Waals surface area contributed by atoms with E-state index < -0.39 is 5.54 Å². The first-order valence-electron chi connectivity index (χ1n) is 7.70. The number of fused-ring (bicyclic) bond motifs is 1. The fourth-order valence-corrected chi connectivity index (χ4v) is 2.55. The van der Waals surface area contributed by atoms with Gasteiger partial charge in [-0.15, -0.1) is 0 Å². The Labute approximate surface area is 126 Å². The van der Waals surface area contributed by atoms with E-state index in [9.17, 15) is 4.79 Å². The van der Waals surface area contributed by atoms with E-state index in [0.29, 0.717) is 6.61 Å². The second-order valence-electron chi connectivity index (χ2n) is 5.73. The number of aryl methyl sites for hydroxylation is 2. The highest BCUT2D eigenvalue weighted by atomic mass is 16.5. The van der Waals surface area contributed by atoms with Crippen LogP contribution in [0.4, 0.5) is 0 Å². The molecule has 21 heavy (non-hydrogen) atoms. The zero-order valence-electron chi connectivity index (χ0n) is 13.2. The molecule has 1 N–H and O–H groups in total. The molecule has 4 heteroatoms. The van der Waals surface area contributed by atoms with Gasteiger partial charge in [0, 0.05) is 0 Å². The first-order chi connectivity index (χ1) is 10.1. The lowest BCUT2D eigenvalue weighted by atomic mass is 9.92. The number of hydrogen-bond donors (Lipinski definition) is 1. The topological polar surface area (TPSA) is 47.6 Å². The normalized spacial score (nSPS) is 16.7. The molecule has 1 aromatic carbocycles. The quantitative estimate of drug-likeness (QED) is 0.818. The number of benzene rings is 1. The van der Waals surface area contributed by atoms with Crippen LogP contribution in [0, 0.1) is 0 Å². The highest BCUT2D eigenvalue weighted by Crippen LogP contribution is 2.25. The van der Waals surface area contributed by atoms with Gasteiger partial charge in [-0.1, -0.05) is 6.07 Å². The highest BCUT2D eigenvalue weighted by Gasteiger charge is 2.34. The van der Waals surface area contributed by atoms with E-state index in [2.05, 4.69) is 17.4 Å². The zero-order chi connectivity index (χ0) is 15.3. The lowest BCUT2D eigenvalue weighted by Crippen LogP contribution is -2.53. The summed E-state index contributed by atoms with van der Waals surface area (Å²) in [4.78, 5) is 12.0. The fourth-order valence-electron chi connectivity index (χ4n) is 2.55. The molecule has 1 aromatic rings. The van der Waals surface area contributed by atoms with E-state index in [4.69, 9.17) is 9.47 Å². The third kappa shape index (κ3) is 3.76. The predicted molar refractivity (Wildman–Crippen MR) is 82.7 cm³/mol. The third-order valence-electron chi connectivity index (χ3n) is 4.13. The number of nitrogens with one attached hydrogen (secondary N) is 1. The largest absolute Gasteiger partial charge is 0.491 e. The highest BCUT2D eigenvalue weighted by molar-refractivity contribution is 5.80. The molecule has 116 valence electrons. The molecular weight excluding hydrogens is 266 g/mol.